The Labute approximate surface area is 114 Å². The molecule has 0 saturated carbocycles. The van der Waals surface area contributed by atoms with Crippen LogP contribution in [-0.2, 0) is 15.1 Å². The van der Waals surface area contributed by atoms with Crippen LogP contribution in [0.4, 0.5) is 5.82 Å². The highest BCUT2D eigenvalue weighted by atomic mass is 16.6. The molecule has 0 aliphatic carbocycles. The van der Waals surface area contributed by atoms with E-state index in [0.717, 1.165) is 0 Å². The molecular formula is C11H15N5O4. The highest BCUT2D eigenvalue weighted by Gasteiger charge is 2.40. The smallest absolute Gasteiger partial charge is 0.284 e. The minimum Gasteiger partial charge on any atom is -0.381 e. The Kier molecular flexibility index (Phi) is 3.36. The standard InChI is InChI=1S/C11H15N5O4/c1-2-18-11(3-5-17-6-4-11)10-13-9(19-16-10)7-8(12)15-20-14-7/h2-6H2,1H3,(H2,12,15). The van der Waals surface area contributed by atoms with Crippen LogP contribution in [0.1, 0.15) is 25.6 Å². The molecular weight excluding hydrogens is 266 g/mol. The fourth-order valence-corrected chi connectivity index (χ4v) is 2.26. The second kappa shape index (κ2) is 5.17. The summed E-state index contributed by atoms with van der Waals surface area (Å²) >= 11 is 0. The quantitative estimate of drug-likeness (QED) is 0.864. The van der Waals surface area contributed by atoms with E-state index in [1.54, 1.807) is 0 Å². The van der Waals surface area contributed by atoms with E-state index in [2.05, 4.69) is 25.1 Å². The molecule has 9 nitrogen and oxygen atoms in total. The number of aromatic nitrogens is 4. The average Bonchev–Trinajstić information content (AvgIpc) is 3.08. The Morgan fingerprint density at radius 2 is 2.05 bits per heavy atom. The minimum absolute atomic E-state index is 0.109. The molecule has 0 unspecified atom stereocenters. The molecule has 1 fully saturated rings. The minimum atomic E-state index is -0.583. The average molecular weight is 281 g/mol. The van der Waals surface area contributed by atoms with Gasteiger partial charge in [0.25, 0.3) is 5.89 Å². The SMILES string of the molecule is CCOC1(c2noc(-c3nonc3N)n2)CCOCC1. The molecule has 0 spiro atoms. The summed E-state index contributed by atoms with van der Waals surface area (Å²) in [7, 11) is 0. The van der Waals surface area contributed by atoms with Crippen molar-refractivity contribution in [3.8, 4) is 11.6 Å². The van der Waals surface area contributed by atoms with Crippen LogP contribution in [0, 0.1) is 0 Å². The maximum Gasteiger partial charge on any atom is 0.284 e. The van der Waals surface area contributed by atoms with E-state index in [-0.39, 0.29) is 17.4 Å². The largest absolute Gasteiger partial charge is 0.381 e. The van der Waals surface area contributed by atoms with Crippen LogP contribution >= 0.6 is 0 Å². The van der Waals surface area contributed by atoms with Crippen molar-refractivity contribution in [1.82, 2.24) is 20.5 Å². The van der Waals surface area contributed by atoms with E-state index < -0.39 is 5.60 Å². The van der Waals surface area contributed by atoms with Gasteiger partial charge in [0, 0.05) is 32.7 Å². The Bertz CT molecular complexity index is 569. The zero-order valence-electron chi connectivity index (χ0n) is 11.0. The number of nitrogens with zero attached hydrogens (tertiary/aromatic N) is 4. The number of hydrogen-bond donors (Lipinski definition) is 1. The molecule has 1 saturated heterocycles. The van der Waals surface area contributed by atoms with Crippen molar-refractivity contribution in [2.45, 2.75) is 25.4 Å². The van der Waals surface area contributed by atoms with Gasteiger partial charge < -0.3 is 19.7 Å². The van der Waals surface area contributed by atoms with Crippen LogP contribution in [0.15, 0.2) is 9.15 Å². The normalized spacial score (nSPS) is 18.2. The van der Waals surface area contributed by atoms with Crippen LogP contribution in [0.2, 0.25) is 0 Å². The summed E-state index contributed by atoms with van der Waals surface area (Å²) < 4.78 is 20.9. The molecule has 0 aromatic carbocycles. The van der Waals surface area contributed by atoms with Gasteiger partial charge in [0.2, 0.25) is 17.3 Å². The molecule has 1 aliphatic heterocycles. The molecule has 9 heteroatoms. The van der Waals surface area contributed by atoms with Gasteiger partial charge in [0.05, 0.1) is 0 Å². The molecule has 3 rings (SSSR count). The molecule has 108 valence electrons. The maximum atomic E-state index is 5.86. The molecule has 1 aliphatic rings. The lowest BCUT2D eigenvalue weighted by Crippen LogP contribution is -2.37. The third kappa shape index (κ3) is 2.14. The summed E-state index contributed by atoms with van der Waals surface area (Å²) in [6.07, 6.45) is 1.35. The third-order valence-corrected chi connectivity index (χ3v) is 3.27. The van der Waals surface area contributed by atoms with Crippen molar-refractivity contribution in [2.24, 2.45) is 0 Å². The molecule has 20 heavy (non-hydrogen) atoms. The number of nitrogen functional groups attached to an aromatic ring is 1. The van der Waals surface area contributed by atoms with Gasteiger partial charge in [0.15, 0.2) is 0 Å². The van der Waals surface area contributed by atoms with E-state index in [1.165, 1.54) is 0 Å². The Hall–Kier alpha value is -2.00. The monoisotopic (exact) mass is 281 g/mol. The molecule has 2 aromatic heterocycles. The van der Waals surface area contributed by atoms with Gasteiger partial charge in [-0.1, -0.05) is 5.16 Å². The van der Waals surface area contributed by atoms with Gasteiger partial charge in [-0.3, -0.25) is 0 Å². The lowest BCUT2D eigenvalue weighted by molar-refractivity contribution is -0.118. The summed E-state index contributed by atoms with van der Waals surface area (Å²) in [6.45, 7) is 3.67. The second-order valence-corrected chi connectivity index (χ2v) is 4.46. The first-order valence-corrected chi connectivity index (χ1v) is 6.39. The van der Waals surface area contributed by atoms with Gasteiger partial charge in [-0.15, -0.1) is 0 Å². The van der Waals surface area contributed by atoms with Gasteiger partial charge >= 0.3 is 0 Å². The van der Waals surface area contributed by atoms with Crippen LogP contribution in [0.3, 0.4) is 0 Å². The molecule has 3 heterocycles. The van der Waals surface area contributed by atoms with Gasteiger partial charge in [0.1, 0.15) is 5.60 Å². The van der Waals surface area contributed by atoms with Crippen molar-refractivity contribution in [2.75, 3.05) is 25.6 Å². The first kappa shape index (κ1) is 13.0. The number of rotatable bonds is 4. The fourth-order valence-electron chi connectivity index (χ4n) is 2.26. The molecule has 2 aromatic rings. The van der Waals surface area contributed by atoms with Crippen LogP contribution in [-0.4, -0.2) is 40.3 Å². The maximum absolute atomic E-state index is 5.86. The van der Waals surface area contributed by atoms with Crippen LogP contribution < -0.4 is 5.73 Å². The number of hydrogen-bond acceptors (Lipinski definition) is 9. The first-order chi connectivity index (χ1) is 9.75. The molecule has 0 bridgehead atoms. The lowest BCUT2D eigenvalue weighted by Gasteiger charge is -2.33. The Morgan fingerprint density at radius 1 is 1.25 bits per heavy atom. The summed E-state index contributed by atoms with van der Waals surface area (Å²) in [5.74, 6) is 0.752. The number of anilines is 1. The molecule has 0 amide bonds. The summed E-state index contributed by atoms with van der Waals surface area (Å²) in [5.41, 5.74) is 5.26. The summed E-state index contributed by atoms with van der Waals surface area (Å²) in [5, 5.41) is 11.1. The Balaban J connectivity index is 1.93. The van der Waals surface area contributed by atoms with Crippen LogP contribution in [0.5, 0.6) is 0 Å². The zero-order chi connectivity index (χ0) is 14.0. The van der Waals surface area contributed by atoms with Gasteiger partial charge in [-0.05, 0) is 17.2 Å². The highest BCUT2D eigenvalue weighted by molar-refractivity contribution is 5.60. The Morgan fingerprint density at radius 3 is 2.70 bits per heavy atom. The van der Waals surface area contributed by atoms with Crippen molar-refractivity contribution in [3.63, 3.8) is 0 Å². The second-order valence-electron chi connectivity index (χ2n) is 4.46. The molecule has 2 N–H and O–H groups in total. The predicted octanol–water partition coefficient (Wildman–Crippen LogP) is 0.744. The van der Waals surface area contributed by atoms with Crippen molar-refractivity contribution in [3.05, 3.63) is 5.82 Å². The molecule has 0 atom stereocenters. The predicted molar refractivity (Wildman–Crippen MR) is 65.4 cm³/mol. The van der Waals surface area contributed by atoms with Crippen molar-refractivity contribution in [1.29, 1.82) is 0 Å². The van der Waals surface area contributed by atoms with E-state index >= 15 is 0 Å². The van der Waals surface area contributed by atoms with Crippen LogP contribution in [0.25, 0.3) is 11.6 Å². The molecule has 0 radical (unpaired) electrons. The number of nitrogens with two attached hydrogens (primary N) is 1. The van der Waals surface area contributed by atoms with E-state index in [9.17, 15) is 0 Å². The van der Waals surface area contributed by atoms with Gasteiger partial charge in [-0.2, -0.15) is 4.98 Å². The topological polar surface area (TPSA) is 122 Å². The zero-order valence-corrected chi connectivity index (χ0v) is 11.0. The summed E-state index contributed by atoms with van der Waals surface area (Å²) in [4.78, 5) is 4.33. The van der Waals surface area contributed by atoms with Gasteiger partial charge in [-0.25, -0.2) is 4.63 Å². The fraction of sp³-hybridized carbons (Fsp3) is 0.636. The van der Waals surface area contributed by atoms with Crippen molar-refractivity contribution < 1.29 is 18.6 Å². The number of ether oxygens (including phenoxy) is 2. The first-order valence-electron chi connectivity index (χ1n) is 6.39. The summed E-state index contributed by atoms with van der Waals surface area (Å²) in [6, 6.07) is 0. The van der Waals surface area contributed by atoms with E-state index in [1.807, 2.05) is 6.92 Å². The van der Waals surface area contributed by atoms with E-state index in [0.29, 0.717) is 38.5 Å². The van der Waals surface area contributed by atoms with Crippen molar-refractivity contribution >= 4 is 5.82 Å². The highest BCUT2D eigenvalue weighted by Crippen LogP contribution is 2.35. The lowest BCUT2D eigenvalue weighted by atomic mass is 9.93. The van der Waals surface area contributed by atoms with E-state index in [4.69, 9.17) is 19.7 Å². The third-order valence-electron chi connectivity index (χ3n) is 3.27.